The van der Waals surface area contributed by atoms with Gasteiger partial charge in [0.15, 0.2) is 0 Å². The Morgan fingerprint density at radius 2 is 2.36 bits per heavy atom. The van der Waals surface area contributed by atoms with Crippen molar-refractivity contribution in [2.45, 2.75) is 12.8 Å². The second kappa shape index (κ2) is 4.39. The normalized spacial score (nSPS) is 12.5. The summed E-state index contributed by atoms with van der Waals surface area (Å²) in [7, 11) is 0. The number of aryl methyl sites for hydroxylation is 1. The number of halogens is 1. The summed E-state index contributed by atoms with van der Waals surface area (Å²) in [5.41, 5.74) is 6.68. The highest BCUT2D eigenvalue weighted by Crippen LogP contribution is 2.26. The number of hydrogen-bond acceptors (Lipinski definition) is 3. The number of aromatic nitrogens is 1. The molecule has 0 fully saturated rings. The molecule has 0 aliphatic rings. The summed E-state index contributed by atoms with van der Waals surface area (Å²) < 4.78 is 0. The van der Waals surface area contributed by atoms with Crippen LogP contribution in [0.25, 0.3) is 0 Å². The zero-order valence-electron chi connectivity index (χ0n) is 7.70. The topological polar surface area (TPSA) is 76.2 Å². The van der Waals surface area contributed by atoms with Gasteiger partial charge in [-0.1, -0.05) is 11.6 Å². The highest BCUT2D eigenvalue weighted by Gasteiger charge is 2.22. The molecule has 4 nitrogen and oxygen atoms in total. The number of nitrogens with two attached hydrogens (primary N) is 1. The molecule has 0 saturated heterocycles. The fourth-order valence-corrected chi connectivity index (χ4v) is 1.66. The standard InChI is InChI=1S/C9H11ClN2O2/c1-5-3-12-4-7(10)8(5)6(2-11)9(13)14/h3-4,6H,2,11H2,1H3,(H,13,14). The van der Waals surface area contributed by atoms with Crippen LogP contribution in [0.5, 0.6) is 0 Å². The van der Waals surface area contributed by atoms with Crippen molar-refractivity contribution in [3.05, 3.63) is 28.5 Å². The molecule has 14 heavy (non-hydrogen) atoms. The Bertz CT molecular complexity index is 334. The lowest BCUT2D eigenvalue weighted by molar-refractivity contribution is -0.138. The van der Waals surface area contributed by atoms with Crippen LogP contribution in [0, 0.1) is 6.92 Å². The number of nitrogens with zero attached hydrogens (tertiary/aromatic N) is 1. The number of aliphatic carboxylic acids is 1. The van der Waals surface area contributed by atoms with E-state index in [0.717, 1.165) is 5.56 Å². The molecule has 76 valence electrons. The lowest BCUT2D eigenvalue weighted by Gasteiger charge is -2.13. The van der Waals surface area contributed by atoms with Gasteiger partial charge in [-0.3, -0.25) is 9.78 Å². The van der Waals surface area contributed by atoms with Crippen LogP contribution in [-0.2, 0) is 4.79 Å². The third kappa shape index (κ3) is 2.02. The van der Waals surface area contributed by atoms with Gasteiger partial charge >= 0.3 is 5.97 Å². The van der Waals surface area contributed by atoms with Gasteiger partial charge in [0, 0.05) is 18.9 Å². The lowest BCUT2D eigenvalue weighted by Crippen LogP contribution is -2.22. The Morgan fingerprint density at radius 1 is 1.71 bits per heavy atom. The van der Waals surface area contributed by atoms with Crippen molar-refractivity contribution < 1.29 is 9.90 Å². The Hall–Kier alpha value is -1.13. The minimum atomic E-state index is -0.969. The molecule has 1 aromatic heterocycles. The molecule has 0 bridgehead atoms. The average Bonchev–Trinajstić information content (AvgIpc) is 2.10. The number of carboxylic acids is 1. The van der Waals surface area contributed by atoms with Gasteiger partial charge in [-0.25, -0.2) is 0 Å². The Balaban J connectivity index is 3.22. The van der Waals surface area contributed by atoms with Gasteiger partial charge < -0.3 is 10.8 Å². The molecule has 1 aromatic rings. The smallest absolute Gasteiger partial charge is 0.312 e. The molecule has 5 heteroatoms. The van der Waals surface area contributed by atoms with Gasteiger partial charge in [-0.2, -0.15) is 0 Å². The van der Waals surface area contributed by atoms with E-state index in [-0.39, 0.29) is 6.54 Å². The Morgan fingerprint density at radius 3 is 2.79 bits per heavy atom. The van der Waals surface area contributed by atoms with Gasteiger partial charge in [-0.05, 0) is 18.1 Å². The summed E-state index contributed by atoms with van der Waals surface area (Å²) in [6.07, 6.45) is 3.00. The van der Waals surface area contributed by atoms with Gasteiger partial charge in [0.1, 0.15) is 0 Å². The fraction of sp³-hybridized carbons (Fsp3) is 0.333. The van der Waals surface area contributed by atoms with E-state index in [1.807, 2.05) is 0 Å². The predicted molar refractivity (Wildman–Crippen MR) is 53.4 cm³/mol. The third-order valence-corrected chi connectivity index (χ3v) is 2.32. The summed E-state index contributed by atoms with van der Waals surface area (Å²) in [4.78, 5) is 14.7. The van der Waals surface area contributed by atoms with E-state index in [0.29, 0.717) is 10.6 Å². The number of rotatable bonds is 3. The molecular weight excluding hydrogens is 204 g/mol. The molecule has 0 aliphatic heterocycles. The maximum absolute atomic E-state index is 10.9. The molecule has 0 saturated carbocycles. The molecule has 1 atom stereocenters. The van der Waals surface area contributed by atoms with E-state index in [1.54, 1.807) is 13.1 Å². The van der Waals surface area contributed by atoms with Crippen LogP contribution in [0.1, 0.15) is 17.0 Å². The van der Waals surface area contributed by atoms with Gasteiger partial charge in [0.05, 0.1) is 10.9 Å². The number of hydrogen-bond donors (Lipinski definition) is 2. The molecule has 0 spiro atoms. The highest BCUT2D eigenvalue weighted by molar-refractivity contribution is 6.31. The van der Waals surface area contributed by atoms with Gasteiger partial charge in [-0.15, -0.1) is 0 Å². The molecule has 1 rings (SSSR count). The predicted octanol–water partition coefficient (Wildman–Crippen LogP) is 1.17. The molecular formula is C9H11ClN2O2. The third-order valence-electron chi connectivity index (χ3n) is 2.02. The van der Waals surface area contributed by atoms with Crippen LogP contribution in [-0.4, -0.2) is 22.6 Å². The van der Waals surface area contributed by atoms with Crippen molar-refractivity contribution in [2.75, 3.05) is 6.54 Å². The van der Waals surface area contributed by atoms with Crippen molar-refractivity contribution >= 4 is 17.6 Å². The van der Waals surface area contributed by atoms with Crippen LogP contribution in [0.2, 0.25) is 5.02 Å². The van der Waals surface area contributed by atoms with Crippen LogP contribution in [0.4, 0.5) is 0 Å². The summed E-state index contributed by atoms with van der Waals surface area (Å²) in [5, 5.41) is 9.27. The quantitative estimate of drug-likeness (QED) is 0.792. The van der Waals surface area contributed by atoms with Crippen LogP contribution in [0.3, 0.4) is 0 Å². The zero-order chi connectivity index (χ0) is 10.7. The Labute approximate surface area is 86.7 Å². The maximum atomic E-state index is 10.9. The molecule has 0 aromatic carbocycles. The van der Waals surface area contributed by atoms with Crippen molar-refractivity contribution in [1.29, 1.82) is 0 Å². The first-order chi connectivity index (χ1) is 6.57. The second-order valence-electron chi connectivity index (χ2n) is 2.98. The molecule has 0 radical (unpaired) electrons. The molecule has 3 N–H and O–H groups in total. The summed E-state index contributed by atoms with van der Waals surface area (Å²) in [6, 6.07) is 0. The first kappa shape index (κ1) is 10.9. The summed E-state index contributed by atoms with van der Waals surface area (Å²) in [6.45, 7) is 1.79. The minimum Gasteiger partial charge on any atom is -0.481 e. The fourth-order valence-electron chi connectivity index (χ4n) is 1.33. The van der Waals surface area contributed by atoms with Crippen molar-refractivity contribution in [3.63, 3.8) is 0 Å². The van der Waals surface area contributed by atoms with Crippen molar-refractivity contribution in [2.24, 2.45) is 5.73 Å². The zero-order valence-corrected chi connectivity index (χ0v) is 8.45. The minimum absolute atomic E-state index is 0.0277. The largest absolute Gasteiger partial charge is 0.481 e. The van der Waals surface area contributed by atoms with E-state index in [2.05, 4.69) is 4.98 Å². The van der Waals surface area contributed by atoms with Crippen LogP contribution < -0.4 is 5.73 Å². The van der Waals surface area contributed by atoms with Crippen LogP contribution in [0.15, 0.2) is 12.4 Å². The number of pyridine rings is 1. The molecule has 1 unspecified atom stereocenters. The molecule has 0 aliphatic carbocycles. The van der Waals surface area contributed by atoms with E-state index in [9.17, 15) is 4.79 Å². The molecule has 0 amide bonds. The Kier molecular flexibility index (Phi) is 3.43. The lowest BCUT2D eigenvalue weighted by atomic mass is 9.96. The highest BCUT2D eigenvalue weighted by atomic mass is 35.5. The van der Waals surface area contributed by atoms with Crippen molar-refractivity contribution in [1.82, 2.24) is 4.98 Å². The van der Waals surface area contributed by atoms with Crippen molar-refractivity contribution in [3.8, 4) is 0 Å². The van der Waals surface area contributed by atoms with Gasteiger partial charge in [0.25, 0.3) is 0 Å². The first-order valence-electron chi connectivity index (χ1n) is 4.10. The van der Waals surface area contributed by atoms with E-state index in [4.69, 9.17) is 22.4 Å². The van der Waals surface area contributed by atoms with Crippen LogP contribution >= 0.6 is 11.6 Å². The van der Waals surface area contributed by atoms with Gasteiger partial charge in [0.2, 0.25) is 0 Å². The average molecular weight is 215 g/mol. The van der Waals surface area contributed by atoms with E-state index in [1.165, 1.54) is 6.20 Å². The number of carbonyl (C=O) groups is 1. The second-order valence-corrected chi connectivity index (χ2v) is 3.39. The van der Waals surface area contributed by atoms with E-state index < -0.39 is 11.9 Å². The maximum Gasteiger partial charge on any atom is 0.312 e. The molecule has 1 heterocycles. The summed E-state index contributed by atoms with van der Waals surface area (Å²) >= 11 is 5.87. The monoisotopic (exact) mass is 214 g/mol. The summed E-state index contributed by atoms with van der Waals surface area (Å²) in [5.74, 6) is -1.73. The number of carboxylic acid groups (broad SMARTS) is 1. The first-order valence-corrected chi connectivity index (χ1v) is 4.48. The SMILES string of the molecule is Cc1cncc(Cl)c1C(CN)C(=O)O. The van der Waals surface area contributed by atoms with E-state index >= 15 is 0 Å².